The van der Waals surface area contributed by atoms with Crippen molar-refractivity contribution in [2.24, 2.45) is 0 Å². The van der Waals surface area contributed by atoms with Crippen molar-refractivity contribution in [3.8, 4) is 11.5 Å². The highest BCUT2D eigenvalue weighted by molar-refractivity contribution is 6.43. The second kappa shape index (κ2) is 8.07. The van der Waals surface area contributed by atoms with Crippen molar-refractivity contribution in [3.05, 3.63) is 52.6 Å². The van der Waals surface area contributed by atoms with Crippen molar-refractivity contribution >= 4 is 46.3 Å². The smallest absolute Gasteiger partial charge is 0.249 e. The van der Waals surface area contributed by atoms with Gasteiger partial charge in [-0.05, 0) is 24.3 Å². The first kappa shape index (κ1) is 18.0. The number of ether oxygens (including phenoxy) is 2. The van der Waals surface area contributed by atoms with Gasteiger partial charge in [-0.1, -0.05) is 29.3 Å². The van der Waals surface area contributed by atoms with Gasteiger partial charge in [-0.2, -0.15) is 10.1 Å². The Balaban J connectivity index is 1.85. The third-order valence-corrected chi connectivity index (χ3v) is 4.25. The van der Waals surface area contributed by atoms with Gasteiger partial charge in [-0.15, -0.1) is 5.10 Å². The molecule has 0 radical (unpaired) electrons. The number of nitrogens with zero attached hydrogens (tertiary/aromatic N) is 3. The number of anilines is 4. The summed E-state index contributed by atoms with van der Waals surface area (Å²) in [6, 6.07) is 10.6. The minimum absolute atomic E-state index is 0.265. The minimum atomic E-state index is 0.265. The standard InChI is InChI=1S/C17H15Cl2N5O2/c1-25-10-6-7-14(26-2)13(8-10)21-15-9-20-24-17(23-15)22-12-5-3-4-11(18)16(12)19/h3-9H,1-2H3,(H2,21,22,23,24). The maximum absolute atomic E-state index is 6.17. The Kier molecular flexibility index (Phi) is 5.60. The Morgan fingerprint density at radius 1 is 0.962 bits per heavy atom. The quantitative estimate of drug-likeness (QED) is 0.630. The van der Waals surface area contributed by atoms with Crippen molar-refractivity contribution in [3.63, 3.8) is 0 Å². The second-order valence-electron chi connectivity index (χ2n) is 5.08. The molecule has 134 valence electrons. The molecule has 9 heteroatoms. The summed E-state index contributed by atoms with van der Waals surface area (Å²) in [5, 5.41) is 14.8. The third kappa shape index (κ3) is 4.07. The molecule has 0 bridgehead atoms. The van der Waals surface area contributed by atoms with Crippen molar-refractivity contribution in [1.29, 1.82) is 0 Å². The lowest BCUT2D eigenvalue weighted by molar-refractivity contribution is 0.405. The first-order chi connectivity index (χ1) is 12.6. The van der Waals surface area contributed by atoms with E-state index in [0.717, 1.165) is 0 Å². The summed E-state index contributed by atoms with van der Waals surface area (Å²) in [5.74, 6) is 2.05. The summed E-state index contributed by atoms with van der Waals surface area (Å²) < 4.78 is 10.6. The van der Waals surface area contributed by atoms with E-state index >= 15 is 0 Å². The van der Waals surface area contributed by atoms with Crippen molar-refractivity contribution in [1.82, 2.24) is 15.2 Å². The number of methoxy groups -OCH3 is 2. The van der Waals surface area contributed by atoms with E-state index in [1.807, 2.05) is 0 Å². The van der Waals surface area contributed by atoms with Crippen LogP contribution in [0.2, 0.25) is 10.0 Å². The van der Waals surface area contributed by atoms with E-state index in [9.17, 15) is 0 Å². The van der Waals surface area contributed by atoms with Crippen LogP contribution >= 0.6 is 23.2 Å². The fraction of sp³-hybridized carbons (Fsp3) is 0.118. The molecule has 0 atom stereocenters. The van der Waals surface area contributed by atoms with Crippen LogP contribution in [-0.2, 0) is 0 Å². The molecule has 0 aliphatic carbocycles. The molecule has 0 saturated carbocycles. The molecule has 0 saturated heterocycles. The van der Waals surface area contributed by atoms with E-state index in [-0.39, 0.29) is 5.95 Å². The molecule has 7 nitrogen and oxygen atoms in total. The van der Waals surface area contributed by atoms with Crippen LogP contribution < -0.4 is 20.1 Å². The van der Waals surface area contributed by atoms with Crippen molar-refractivity contribution in [2.45, 2.75) is 0 Å². The zero-order valence-electron chi connectivity index (χ0n) is 14.0. The lowest BCUT2D eigenvalue weighted by Gasteiger charge is -2.12. The topological polar surface area (TPSA) is 81.2 Å². The summed E-state index contributed by atoms with van der Waals surface area (Å²) in [6.45, 7) is 0. The molecule has 0 unspecified atom stereocenters. The highest BCUT2D eigenvalue weighted by atomic mass is 35.5. The number of halogens is 2. The third-order valence-electron chi connectivity index (χ3n) is 3.43. The van der Waals surface area contributed by atoms with Gasteiger partial charge in [0.1, 0.15) is 11.5 Å². The summed E-state index contributed by atoms with van der Waals surface area (Å²) in [7, 11) is 3.17. The van der Waals surface area contributed by atoms with E-state index in [2.05, 4.69) is 25.8 Å². The molecule has 2 N–H and O–H groups in total. The van der Waals surface area contributed by atoms with Gasteiger partial charge in [-0.25, -0.2) is 0 Å². The number of hydrogen-bond acceptors (Lipinski definition) is 7. The van der Waals surface area contributed by atoms with Crippen LogP contribution in [0.15, 0.2) is 42.6 Å². The van der Waals surface area contributed by atoms with Gasteiger partial charge in [0.15, 0.2) is 5.82 Å². The predicted octanol–water partition coefficient (Wildman–Crippen LogP) is 4.68. The maximum atomic E-state index is 6.17. The molecular weight excluding hydrogens is 377 g/mol. The van der Waals surface area contributed by atoms with Crippen LogP contribution in [0.4, 0.5) is 23.1 Å². The number of hydrogen-bond donors (Lipinski definition) is 2. The minimum Gasteiger partial charge on any atom is -0.497 e. The number of nitrogens with one attached hydrogen (secondary N) is 2. The van der Waals surface area contributed by atoms with Crippen LogP contribution in [0.1, 0.15) is 0 Å². The molecule has 2 aromatic carbocycles. The van der Waals surface area contributed by atoms with Crippen LogP contribution in [0.5, 0.6) is 11.5 Å². The Bertz CT molecular complexity index is 923. The second-order valence-corrected chi connectivity index (χ2v) is 5.87. The van der Waals surface area contributed by atoms with E-state index in [1.165, 1.54) is 6.20 Å². The van der Waals surface area contributed by atoms with Gasteiger partial charge >= 0.3 is 0 Å². The van der Waals surface area contributed by atoms with Crippen molar-refractivity contribution in [2.75, 3.05) is 24.9 Å². The Morgan fingerprint density at radius 3 is 2.58 bits per heavy atom. The van der Waals surface area contributed by atoms with E-state index in [1.54, 1.807) is 50.6 Å². The van der Waals surface area contributed by atoms with E-state index < -0.39 is 0 Å². The molecule has 0 aliphatic rings. The van der Waals surface area contributed by atoms with Crippen molar-refractivity contribution < 1.29 is 9.47 Å². The van der Waals surface area contributed by atoms with Gasteiger partial charge < -0.3 is 20.1 Å². The molecule has 3 rings (SSSR count). The molecule has 1 heterocycles. The molecule has 0 fully saturated rings. The summed E-state index contributed by atoms with van der Waals surface area (Å²) in [4.78, 5) is 4.37. The Labute approximate surface area is 160 Å². The van der Waals surface area contributed by atoms with Crippen LogP contribution in [0, 0.1) is 0 Å². The summed E-state index contributed by atoms with van der Waals surface area (Å²) in [6.07, 6.45) is 1.49. The van der Waals surface area contributed by atoms with Gasteiger partial charge in [0, 0.05) is 6.07 Å². The summed E-state index contributed by atoms with van der Waals surface area (Å²) >= 11 is 12.2. The van der Waals surface area contributed by atoms with Crippen LogP contribution in [0.3, 0.4) is 0 Å². The monoisotopic (exact) mass is 391 g/mol. The van der Waals surface area contributed by atoms with E-state index in [0.29, 0.717) is 38.7 Å². The lowest BCUT2D eigenvalue weighted by Crippen LogP contribution is -2.03. The normalized spacial score (nSPS) is 10.3. The zero-order valence-corrected chi connectivity index (χ0v) is 15.5. The first-order valence-electron chi connectivity index (χ1n) is 7.50. The van der Waals surface area contributed by atoms with E-state index in [4.69, 9.17) is 32.7 Å². The molecule has 26 heavy (non-hydrogen) atoms. The molecule has 3 aromatic rings. The maximum Gasteiger partial charge on any atom is 0.249 e. The van der Waals surface area contributed by atoms with Crippen LogP contribution in [-0.4, -0.2) is 29.4 Å². The Hall–Kier alpha value is -2.77. The highest BCUT2D eigenvalue weighted by Gasteiger charge is 2.10. The first-order valence-corrected chi connectivity index (χ1v) is 8.26. The summed E-state index contributed by atoms with van der Waals surface area (Å²) in [5.41, 5.74) is 1.26. The zero-order chi connectivity index (χ0) is 18.5. The SMILES string of the molecule is COc1ccc(OC)c(Nc2cnnc(Nc3cccc(Cl)c3Cl)n2)c1. The Morgan fingerprint density at radius 2 is 1.81 bits per heavy atom. The molecule has 1 aromatic heterocycles. The molecule has 0 spiro atoms. The lowest BCUT2D eigenvalue weighted by atomic mass is 10.2. The number of aromatic nitrogens is 3. The average molecular weight is 392 g/mol. The van der Waals surface area contributed by atoms with Gasteiger partial charge in [0.05, 0.1) is 41.8 Å². The number of benzene rings is 2. The fourth-order valence-corrected chi connectivity index (χ4v) is 2.54. The molecular formula is C17H15Cl2N5O2. The number of rotatable bonds is 6. The average Bonchev–Trinajstić information content (AvgIpc) is 2.66. The van der Waals surface area contributed by atoms with Gasteiger partial charge in [0.25, 0.3) is 0 Å². The largest absolute Gasteiger partial charge is 0.497 e. The van der Waals surface area contributed by atoms with Gasteiger partial charge in [0.2, 0.25) is 5.95 Å². The van der Waals surface area contributed by atoms with Crippen LogP contribution in [0.25, 0.3) is 0 Å². The molecule has 0 aliphatic heterocycles. The fourth-order valence-electron chi connectivity index (χ4n) is 2.19. The van der Waals surface area contributed by atoms with Gasteiger partial charge in [-0.3, -0.25) is 0 Å². The molecule has 0 amide bonds. The highest BCUT2D eigenvalue weighted by Crippen LogP contribution is 2.32. The predicted molar refractivity (Wildman–Crippen MR) is 102 cm³/mol.